The molecule has 0 aromatic carbocycles. The highest BCUT2D eigenvalue weighted by molar-refractivity contribution is 4.84. The number of rotatable bonds is 7. The molecule has 2 heteroatoms. The fourth-order valence-electron chi connectivity index (χ4n) is 3.32. The van der Waals surface area contributed by atoms with Crippen LogP contribution in [0.5, 0.6) is 0 Å². The molecule has 1 aliphatic rings. The second-order valence-corrected chi connectivity index (χ2v) is 5.62. The van der Waals surface area contributed by atoms with Gasteiger partial charge in [-0.1, -0.05) is 46.5 Å². The fourth-order valence-corrected chi connectivity index (χ4v) is 3.32. The molecule has 0 aromatic heterocycles. The van der Waals surface area contributed by atoms with Crippen LogP contribution in [0.2, 0.25) is 0 Å². The van der Waals surface area contributed by atoms with Crippen LogP contribution in [0.1, 0.15) is 59.3 Å². The van der Waals surface area contributed by atoms with Crippen molar-refractivity contribution >= 4 is 0 Å². The molecule has 0 bridgehead atoms. The van der Waals surface area contributed by atoms with Gasteiger partial charge in [-0.2, -0.15) is 0 Å². The van der Waals surface area contributed by atoms with Gasteiger partial charge in [-0.3, -0.25) is 0 Å². The van der Waals surface area contributed by atoms with Crippen LogP contribution >= 0.6 is 0 Å². The van der Waals surface area contributed by atoms with Gasteiger partial charge in [0.1, 0.15) is 0 Å². The van der Waals surface area contributed by atoms with E-state index in [-0.39, 0.29) is 0 Å². The highest BCUT2D eigenvalue weighted by Gasteiger charge is 2.29. The average molecular weight is 240 g/mol. The maximum Gasteiger partial charge on any atom is 0.0135 e. The Labute approximate surface area is 108 Å². The van der Waals surface area contributed by atoms with E-state index in [0.717, 1.165) is 24.4 Å². The van der Waals surface area contributed by atoms with Gasteiger partial charge in [0.05, 0.1) is 0 Å². The van der Waals surface area contributed by atoms with Crippen LogP contribution in [-0.4, -0.2) is 30.6 Å². The summed E-state index contributed by atoms with van der Waals surface area (Å²) in [6, 6.07) is 0.763. The molecule has 1 rings (SSSR count). The van der Waals surface area contributed by atoms with Crippen molar-refractivity contribution in [2.45, 2.75) is 65.3 Å². The van der Waals surface area contributed by atoms with Crippen LogP contribution in [0.15, 0.2) is 0 Å². The molecule has 0 aliphatic heterocycles. The molecule has 102 valence electrons. The fraction of sp³-hybridized carbons (Fsp3) is 1.00. The van der Waals surface area contributed by atoms with Crippen molar-refractivity contribution in [1.82, 2.24) is 4.90 Å². The maximum atomic E-state index is 5.96. The van der Waals surface area contributed by atoms with Gasteiger partial charge in [0.15, 0.2) is 0 Å². The Hall–Kier alpha value is -0.0800. The van der Waals surface area contributed by atoms with Crippen molar-refractivity contribution < 1.29 is 0 Å². The van der Waals surface area contributed by atoms with Crippen molar-refractivity contribution in [2.24, 2.45) is 17.6 Å². The van der Waals surface area contributed by atoms with Crippen molar-refractivity contribution in [3.8, 4) is 0 Å². The lowest BCUT2D eigenvalue weighted by molar-refractivity contribution is 0.0936. The molecule has 17 heavy (non-hydrogen) atoms. The first-order valence-corrected chi connectivity index (χ1v) is 7.70. The predicted molar refractivity (Wildman–Crippen MR) is 76.1 cm³/mol. The largest absolute Gasteiger partial charge is 0.330 e. The molecule has 2 nitrogen and oxygen atoms in total. The molecule has 0 saturated heterocycles. The summed E-state index contributed by atoms with van der Waals surface area (Å²) >= 11 is 0. The van der Waals surface area contributed by atoms with Crippen LogP contribution < -0.4 is 5.73 Å². The molecule has 2 N–H and O–H groups in total. The van der Waals surface area contributed by atoms with E-state index in [1.54, 1.807) is 0 Å². The Morgan fingerprint density at radius 3 is 2.29 bits per heavy atom. The van der Waals surface area contributed by atoms with Gasteiger partial charge in [0, 0.05) is 12.6 Å². The summed E-state index contributed by atoms with van der Waals surface area (Å²) in [6.45, 7) is 10.3. The summed E-state index contributed by atoms with van der Waals surface area (Å²) in [5.41, 5.74) is 5.96. The van der Waals surface area contributed by atoms with E-state index in [2.05, 4.69) is 25.7 Å². The summed E-state index contributed by atoms with van der Waals surface area (Å²) in [5, 5.41) is 0. The highest BCUT2D eigenvalue weighted by atomic mass is 15.2. The Morgan fingerprint density at radius 2 is 1.76 bits per heavy atom. The molecular weight excluding hydrogens is 208 g/mol. The first kappa shape index (κ1) is 15.0. The predicted octanol–water partition coefficient (Wildman–Crippen LogP) is 3.26. The zero-order valence-electron chi connectivity index (χ0n) is 12.1. The molecule has 1 fully saturated rings. The smallest absolute Gasteiger partial charge is 0.0135 e. The van der Waals surface area contributed by atoms with Gasteiger partial charge in [-0.05, 0) is 37.8 Å². The van der Waals surface area contributed by atoms with Gasteiger partial charge >= 0.3 is 0 Å². The summed E-state index contributed by atoms with van der Waals surface area (Å²) in [7, 11) is 0. The Morgan fingerprint density at radius 1 is 1.12 bits per heavy atom. The molecule has 0 heterocycles. The average Bonchev–Trinajstić information content (AvgIpc) is 2.40. The van der Waals surface area contributed by atoms with E-state index in [0.29, 0.717) is 0 Å². The minimum absolute atomic E-state index is 0.748. The van der Waals surface area contributed by atoms with Crippen LogP contribution in [0.3, 0.4) is 0 Å². The quantitative estimate of drug-likeness (QED) is 0.740. The van der Waals surface area contributed by atoms with E-state index in [1.165, 1.54) is 51.6 Å². The minimum Gasteiger partial charge on any atom is -0.330 e. The van der Waals surface area contributed by atoms with Crippen LogP contribution in [0, 0.1) is 11.8 Å². The third-order valence-corrected chi connectivity index (χ3v) is 4.69. The summed E-state index contributed by atoms with van der Waals surface area (Å²) in [6.07, 6.45) is 8.14. The molecule has 0 radical (unpaired) electrons. The SMILES string of the molecule is CCC(CC)CN(CC)C1CCCCC1CN. The number of nitrogens with zero attached hydrogens (tertiary/aromatic N) is 1. The molecular formula is C15H32N2. The molecule has 0 aromatic rings. The second kappa shape index (κ2) is 8.10. The minimum atomic E-state index is 0.748. The van der Waals surface area contributed by atoms with E-state index >= 15 is 0 Å². The first-order chi connectivity index (χ1) is 8.26. The van der Waals surface area contributed by atoms with Crippen molar-refractivity contribution in [3.63, 3.8) is 0 Å². The summed E-state index contributed by atoms with van der Waals surface area (Å²) in [4.78, 5) is 2.72. The van der Waals surface area contributed by atoms with E-state index in [9.17, 15) is 0 Å². The van der Waals surface area contributed by atoms with E-state index < -0.39 is 0 Å². The number of nitrogens with two attached hydrogens (primary N) is 1. The van der Waals surface area contributed by atoms with Gasteiger partial charge in [0.25, 0.3) is 0 Å². The van der Waals surface area contributed by atoms with Gasteiger partial charge in [0.2, 0.25) is 0 Å². The molecule has 1 saturated carbocycles. The lowest BCUT2D eigenvalue weighted by Crippen LogP contribution is -2.46. The topological polar surface area (TPSA) is 29.3 Å². The van der Waals surface area contributed by atoms with Crippen molar-refractivity contribution in [2.75, 3.05) is 19.6 Å². The number of hydrogen-bond acceptors (Lipinski definition) is 2. The highest BCUT2D eigenvalue weighted by Crippen LogP contribution is 2.28. The normalized spacial score (nSPS) is 25.8. The maximum absolute atomic E-state index is 5.96. The lowest BCUT2D eigenvalue weighted by atomic mass is 9.83. The standard InChI is InChI=1S/C15H32N2/c1-4-13(5-2)12-17(6-3)15-10-8-7-9-14(15)11-16/h13-15H,4-12,16H2,1-3H3. The molecule has 2 atom stereocenters. The number of hydrogen-bond donors (Lipinski definition) is 1. The van der Waals surface area contributed by atoms with Crippen molar-refractivity contribution in [1.29, 1.82) is 0 Å². The monoisotopic (exact) mass is 240 g/mol. The summed E-state index contributed by atoms with van der Waals surface area (Å²) < 4.78 is 0. The Balaban J connectivity index is 2.57. The molecule has 1 aliphatic carbocycles. The third kappa shape index (κ3) is 4.26. The van der Waals surface area contributed by atoms with Gasteiger partial charge in [-0.15, -0.1) is 0 Å². The van der Waals surface area contributed by atoms with Gasteiger partial charge in [-0.25, -0.2) is 0 Å². The third-order valence-electron chi connectivity index (χ3n) is 4.69. The molecule has 0 amide bonds. The van der Waals surface area contributed by atoms with Crippen LogP contribution in [0.25, 0.3) is 0 Å². The van der Waals surface area contributed by atoms with Gasteiger partial charge < -0.3 is 10.6 Å². The van der Waals surface area contributed by atoms with E-state index in [4.69, 9.17) is 5.73 Å². The summed E-state index contributed by atoms with van der Waals surface area (Å²) in [5.74, 6) is 1.62. The van der Waals surface area contributed by atoms with E-state index in [1.807, 2.05) is 0 Å². The second-order valence-electron chi connectivity index (χ2n) is 5.62. The Bertz CT molecular complexity index is 189. The van der Waals surface area contributed by atoms with Crippen molar-refractivity contribution in [3.05, 3.63) is 0 Å². The van der Waals surface area contributed by atoms with Crippen LogP contribution in [0.4, 0.5) is 0 Å². The van der Waals surface area contributed by atoms with Crippen LogP contribution in [-0.2, 0) is 0 Å². The first-order valence-electron chi connectivity index (χ1n) is 7.70. The Kier molecular flexibility index (Phi) is 7.14. The molecule has 2 unspecified atom stereocenters. The molecule has 0 spiro atoms. The zero-order valence-corrected chi connectivity index (χ0v) is 12.1. The lowest BCUT2D eigenvalue weighted by Gasteiger charge is -2.40. The zero-order chi connectivity index (χ0) is 12.7.